The molecule has 0 fully saturated rings. The molecule has 0 amide bonds. The third-order valence-corrected chi connectivity index (χ3v) is 26.5. The number of furan rings is 4. The second-order valence-electron chi connectivity index (χ2n) is 34.1. The van der Waals surface area contributed by atoms with Gasteiger partial charge in [0.1, 0.15) is 44.7 Å². The molecule has 0 saturated heterocycles. The molecule has 9 heteroatoms. The minimum absolute atomic E-state index is 0.654. The van der Waals surface area contributed by atoms with Crippen molar-refractivity contribution < 1.29 is 17.7 Å². The molecule has 16 aromatic carbocycles. The summed E-state index contributed by atoms with van der Waals surface area (Å²) >= 11 is 0. The molecular formula is C114H89N5O4. The van der Waals surface area contributed by atoms with Crippen molar-refractivity contribution in [2.75, 3.05) is 0 Å². The monoisotopic (exact) mass is 1590 g/mol. The van der Waals surface area contributed by atoms with E-state index < -0.39 is 0 Å². The third kappa shape index (κ3) is 12.5. The molecule has 0 aliphatic heterocycles. The topological polar surface area (TPSA) is 96.1 Å². The molecule has 24 aromatic rings. The lowest BCUT2D eigenvalue weighted by molar-refractivity contribution is 0.449. The molecule has 1 unspecified atom stereocenters. The number of nitrogens with zero attached hydrogens (tertiary/aromatic N) is 5. The van der Waals surface area contributed by atoms with Gasteiger partial charge >= 0.3 is 0 Å². The summed E-state index contributed by atoms with van der Waals surface area (Å²) in [4.78, 5) is 0. The van der Waals surface area contributed by atoms with Gasteiger partial charge in [-0.3, -0.25) is 0 Å². The van der Waals surface area contributed by atoms with Gasteiger partial charge in [-0.2, -0.15) is 5.26 Å². The lowest BCUT2D eigenvalue weighted by Gasteiger charge is -2.15. The smallest absolute Gasteiger partial charge is 0.135 e. The maximum atomic E-state index is 9.67. The van der Waals surface area contributed by atoms with Gasteiger partial charge < -0.3 is 35.9 Å². The second-order valence-corrected chi connectivity index (χ2v) is 34.1. The van der Waals surface area contributed by atoms with Gasteiger partial charge in [0.25, 0.3) is 0 Å². The van der Waals surface area contributed by atoms with Crippen molar-refractivity contribution in [1.82, 2.24) is 18.3 Å². The van der Waals surface area contributed by atoms with Crippen LogP contribution in [0.25, 0.3) is 220 Å². The molecule has 24 rings (SSSR count). The summed E-state index contributed by atoms with van der Waals surface area (Å²) in [5, 5.41) is 28.3. The van der Waals surface area contributed by atoms with E-state index in [-0.39, 0.29) is 0 Å². The fraction of sp³-hybridized carbons (Fsp3) is 0.149. The summed E-state index contributed by atoms with van der Waals surface area (Å²) in [7, 11) is 0. The van der Waals surface area contributed by atoms with Crippen LogP contribution in [0, 0.1) is 24.2 Å². The number of rotatable bonds is 19. The first-order chi connectivity index (χ1) is 60.6. The molecule has 8 heterocycles. The highest BCUT2D eigenvalue weighted by Crippen LogP contribution is 2.45. The number of hydrogen-bond acceptors (Lipinski definition) is 5. The molecule has 8 aromatic heterocycles. The SMILES string of the molecule is CCCCC(CC)Cc1ccc2c(c1)c1ccccc1n2-c1ccc2oc3ccc(-c4ccc5oc6ccc(-n7c8ccccc8c8cc(C#N)ccc87)cc6c5c4)cc3c2c1.CCCCCCCCc1ccc2c(c1)c1ccccc1n2-c1ccc2oc3ccc(-c4ccc5oc6ccc(-n7c8ccccc8c8cc(C)ccc87)cc6c5c4)cc3c2c1. The minimum atomic E-state index is 0.654. The number of unbranched alkanes of at least 4 members (excludes halogenated alkanes) is 6. The number of aromatic nitrogens is 4. The van der Waals surface area contributed by atoms with E-state index in [0.29, 0.717) is 5.56 Å². The van der Waals surface area contributed by atoms with E-state index >= 15 is 0 Å². The van der Waals surface area contributed by atoms with E-state index in [1.54, 1.807) is 0 Å². The number of benzene rings is 16. The molecular weight excluding hydrogens is 1500 g/mol. The Morgan fingerprint density at radius 1 is 0.268 bits per heavy atom. The molecule has 0 aliphatic rings. The molecule has 0 saturated carbocycles. The molecule has 0 radical (unpaired) electrons. The van der Waals surface area contributed by atoms with Gasteiger partial charge in [0.2, 0.25) is 0 Å². The second kappa shape index (κ2) is 30.0. The maximum absolute atomic E-state index is 9.67. The van der Waals surface area contributed by atoms with Gasteiger partial charge in [0.15, 0.2) is 0 Å². The zero-order valence-electron chi connectivity index (χ0n) is 69.5. The lowest BCUT2D eigenvalue weighted by atomic mass is 9.91. The highest BCUT2D eigenvalue weighted by molar-refractivity contribution is 6.17. The molecule has 594 valence electrons. The first kappa shape index (κ1) is 73.5. The fourth-order valence-corrected chi connectivity index (χ4v) is 20.3. The van der Waals surface area contributed by atoms with E-state index in [4.69, 9.17) is 17.7 Å². The van der Waals surface area contributed by atoms with Crippen LogP contribution >= 0.6 is 0 Å². The third-order valence-electron chi connectivity index (χ3n) is 26.5. The van der Waals surface area contributed by atoms with Crippen LogP contribution in [0.15, 0.2) is 333 Å². The Labute approximate surface area is 711 Å². The number of hydrogen-bond donors (Lipinski definition) is 0. The van der Waals surface area contributed by atoms with Crippen LogP contribution in [0.5, 0.6) is 0 Å². The highest BCUT2D eigenvalue weighted by atomic mass is 16.3. The lowest BCUT2D eigenvalue weighted by Crippen LogP contribution is -2.03. The predicted molar refractivity (Wildman–Crippen MR) is 514 cm³/mol. The van der Waals surface area contributed by atoms with E-state index in [1.807, 2.05) is 12.1 Å². The van der Waals surface area contributed by atoms with Crippen LogP contribution in [0.2, 0.25) is 0 Å². The van der Waals surface area contributed by atoms with Gasteiger partial charge in [-0.1, -0.05) is 199 Å². The maximum Gasteiger partial charge on any atom is 0.135 e. The number of aryl methyl sites for hydroxylation is 2. The Bertz CT molecular complexity index is 8440. The quantitative estimate of drug-likeness (QED) is 0.0752. The molecule has 0 bridgehead atoms. The Morgan fingerprint density at radius 2 is 0.585 bits per heavy atom. The summed E-state index contributed by atoms with van der Waals surface area (Å²) < 4.78 is 35.3. The van der Waals surface area contributed by atoms with E-state index in [9.17, 15) is 5.26 Å². The van der Waals surface area contributed by atoms with E-state index in [2.05, 4.69) is 355 Å². The van der Waals surface area contributed by atoms with Crippen molar-refractivity contribution in [3.8, 4) is 51.1 Å². The van der Waals surface area contributed by atoms with Crippen LogP contribution in [0.3, 0.4) is 0 Å². The summed E-state index contributed by atoms with van der Waals surface area (Å²) in [6, 6.07) is 116. The van der Waals surface area contributed by atoms with Gasteiger partial charge in [-0.15, -0.1) is 0 Å². The van der Waals surface area contributed by atoms with Gasteiger partial charge in [-0.05, 0) is 266 Å². The standard InChI is InChI=1S/C57H43N3O2.C57H46N2O2/c1-3-5-10-35(4-2)27-36-15-21-52-44(28-36)42-11-6-8-13-50(42)59(52)40-19-25-56-48(32-40)46-30-38(17-23-54(46)61-56)39-18-24-55-47(31-39)49-33-41(20-26-57(49)62-55)60-51-14-9-7-12-43(51)45-29-37(34-58)16-22-53(45)60;1-3-4-5-6-7-8-13-37-19-25-53-45(31-37)43-15-10-12-17-51(43)59(53)41-23-29-57-49(35-41)47-33-39(21-27-55(47)61-57)38-20-26-54-46(32-38)48-34-40(22-28-56(48)60-54)58-50-16-11-9-14-42(50)44-30-36(2)18-24-52(44)58/h6-9,11-26,28-33,35H,3-5,10,27H2,1-2H3;9-12,14-35H,3-8,13H2,1-2H3. The predicted octanol–water partition coefficient (Wildman–Crippen LogP) is 32.5. The first-order valence-electron chi connectivity index (χ1n) is 44.0. The average Bonchev–Trinajstić information content (AvgIpc) is 1.60. The highest BCUT2D eigenvalue weighted by Gasteiger charge is 2.24. The average molecular weight is 1590 g/mol. The molecule has 1 atom stereocenters. The van der Waals surface area contributed by atoms with Gasteiger partial charge in [-0.25, -0.2) is 0 Å². The van der Waals surface area contributed by atoms with Gasteiger partial charge in [0.05, 0.1) is 55.8 Å². The molecule has 0 aliphatic carbocycles. The van der Waals surface area contributed by atoms with Crippen molar-refractivity contribution in [3.63, 3.8) is 0 Å². The summed E-state index contributed by atoms with van der Waals surface area (Å²) in [5.41, 5.74) is 30.1. The van der Waals surface area contributed by atoms with Crippen LogP contribution < -0.4 is 0 Å². The first-order valence-corrected chi connectivity index (χ1v) is 44.0. The van der Waals surface area contributed by atoms with Crippen LogP contribution in [-0.4, -0.2) is 18.3 Å². The van der Waals surface area contributed by atoms with Crippen molar-refractivity contribution in [2.45, 2.75) is 105 Å². The van der Waals surface area contributed by atoms with Crippen molar-refractivity contribution in [3.05, 3.63) is 338 Å². The molecule has 0 N–H and O–H groups in total. The normalized spacial score (nSPS) is 12.4. The number of fused-ring (bicyclic) bond motifs is 24. The Hall–Kier alpha value is -14.6. The Morgan fingerprint density at radius 3 is 0.976 bits per heavy atom. The zero-order chi connectivity index (χ0) is 82.1. The largest absolute Gasteiger partial charge is 0.456 e. The van der Waals surface area contributed by atoms with Crippen molar-refractivity contribution >= 4 is 175 Å². The zero-order valence-corrected chi connectivity index (χ0v) is 69.5. The summed E-state index contributed by atoms with van der Waals surface area (Å²) in [5.74, 6) is 0.717. The van der Waals surface area contributed by atoms with Gasteiger partial charge in [0, 0.05) is 109 Å². The fourth-order valence-electron chi connectivity index (χ4n) is 20.3. The molecule has 123 heavy (non-hydrogen) atoms. The van der Waals surface area contributed by atoms with E-state index in [1.165, 1.54) is 146 Å². The number of para-hydroxylation sites is 4. The van der Waals surface area contributed by atoms with Crippen LogP contribution in [-0.2, 0) is 12.8 Å². The molecule has 0 spiro atoms. The Balaban J connectivity index is 0.000000142. The van der Waals surface area contributed by atoms with Crippen molar-refractivity contribution in [2.24, 2.45) is 5.92 Å². The number of nitriles is 1. The summed E-state index contributed by atoms with van der Waals surface area (Å²) in [6.45, 7) is 9.07. The van der Waals surface area contributed by atoms with Crippen LogP contribution in [0.4, 0.5) is 0 Å². The minimum Gasteiger partial charge on any atom is -0.456 e. The van der Waals surface area contributed by atoms with Crippen LogP contribution in [0.1, 0.15) is 107 Å². The summed E-state index contributed by atoms with van der Waals surface area (Å²) in [6.07, 6.45) is 15.2. The Kier molecular flexibility index (Phi) is 17.9. The van der Waals surface area contributed by atoms with Crippen molar-refractivity contribution in [1.29, 1.82) is 5.26 Å². The van der Waals surface area contributed by atoms with E-state index in [0.717, 1.165) is 173 Å². The molecule has 9 nitrogen and oxygen atoms in total.